The molecule has 1 atom stereocenters. The normalized spacial score (nSPS) is 18.7. The van der Waals surface area contributed by atoms with Crippen molar-refractivity contribution < 1.29 is 4.79 Å². The molecule has 0 aromatic carbocycles. The Morgan fingerprint density at radius 1 is 1.32 bits per heavy atom. The number of H-pyrrole nitrogens is 1. The first kappa shape index (κ1) is 13.5. The number of thiophene rings is 1. The van der Waals surface area contributed by atoms with Gasteiger partial charge < -0.3 is 9.88 Å². The number of nitrogens with one attached hydrogen (secondary N) is 1. The first-order valence-corrected chi connectivity index (χ1v) is 8.46. The predicted octanol–water partition coefficient (Wildman–Crippen LogP) is 3.72. The van der Waals surface area contributed by atoms with Crippen LogP contribution in [0.15, 0.2) is 41.9 Å². The van der Waals surface area contributed by atoms with Gasteiger partial charge in [-0.25, -0.2) is 4.98 Å². The zero-order valence-electron chi connectivity index (χ0n) is 12.2. The summed E-state index contributed by atoms with van der Waals surface area (Å²) in [7, 11) is 0. The maximum atomic E-state index is 12.6. The third-order valence-corrected chi connectivity index (χ3v) is 5.16. The molecule has 0 bridgehead atoms. The summed E-state index contributed by atoms with van der Waals surface area (Å²) >= 11 is 1.54. The summed E-state index contributed by atoms with van der Waals surface area (Å²) < 4.78 is 0. The van der Waals surface area contributed by atoms with Gasteiger partial charge in [0.1, 0.15) is 11.5 Å². The van der Waals surface area contributed by atoms with Crippen LogP contribution >= 0.6 is 11.3 Å². The number of ketones is 1. The van der Waals surface area contributed by atoms with Gasteiger partial charge in [-0.3, -0.25) is 4.79 Å². The van der Waals surface area contributed by atoms with Crippen molar-refractivity contribution in [1.29, 1.82) is 0 Å². The quantitative estimate of drug-likeness (QED) is 0.750. The Morgan fingerprint density at radius 2 is 2.27 bits per heavy atom. The second-order valence-corrected chi connectivity index (χ2v) is 6.66. The molecule has 22 heavy (non-hydrogen) atoms. The van der Waals surface area contributed by atoms with Crippen molar-refractivity contribution in [1.82, 2.24) is 9.97 Å². The second kappa shape index (κ2) is 5.57. The highest BCUT2D eigenvalue weighted by atomic mass is 32.1. The number of fused-ring (bicyclic) bond motifs is 1. The number of aromatic nitrogens is 2. The van der Waals surface area contributed by atoms with E-state index in [0.717, 1.165) is 47.7 Å². The maximum absolute atomic E-state index is 12.6. The smallest absolute Gasteiger partial charge is 0.177 e. The van der Waals surface area contributed by atoms with E-state index in [9.17, 15) is 4.79 Å². The molecule has 1 aliphatic rings. The molecule has 1 saturated heterocycles. The van der Waals surface area contributed by atoms with Gasteiger partial charge in [-0.15, -0.1) is 11.3 Å². The highest BCUT2D eigenvalue weighted by Gasteiger charge is 2.27. The molecule has 0 saturated carbocycles. The number of pyridine rings is 1. The first-order valence-electron chi connectivity index (χ1n) is 7.58. The number of nitrogens with zero attached hydrogens (tertiary/aromatic N) is 2. The van der Waals surface area contributed by atoms with E-state index < -0.39 is 0 Å². The van der Waals surface area contributed by atoms with Crippen molar-refractivity contribution in [3.63, 3.8) is 0 Å². The van der Waals surface area contributed by atoms with E-state index in [1.807, 2.05) is 35.8 Å². The number of carbonyl (C=O) groups is 1. The van der Waals surface area contributed by atoms with Gasteiger partial charge >= 0.3 is 0 Å². The second-order valence-electron chi connectivity index (χ2n) is 5.71. The summed E-state index contributed by atoms with van der Waals surface area (Å²) in [6, 6.07) is 10.0. The zero-order chi connectivity index (χ0) is 14.9. The summed E-state index contributed by atoms with van der Waals surface area (Å²) in [5.41, 5.74) is 0.907. The number of hydrogen-bond acceptors (Lipinski definition) is 4. The molecule has 0 spiro atoms. The maximum Gasteiger partial charge on any atom is 0.177 e. The molecule has 112 valence electrons. The molecular weight excluding hydrogens is 294 g/mol. The summed E-state index contributed by atoms with van der Waals surface area (Å²) in [6.07, 6.45) is 3.91. The van der Waals surface area contributed by atoms with Gasteiger partial charge in [0.15, 0.2) is 5.78 Å². The molecule has 4 rings (SSSR count). The van der Waals surface area contributed by atoms with Crippen LogP contribution in [0.1, 0.15) is 22.5 Å². The molecular formula is C17H17N3OS. The fraction of sp³-hybridized carbons (Fsp3) is 0.294. The molecule has 3 aromatic heterocycles. The minimum Gasteiger partial charge on any atom is -0.356 e. The Labute approximate surface area is 132 Å². The third kappa shape index (κ3) is 2.41. The van der Waals surface area contributed by atoms with Crippen molar-refractivity contribution in [2.75, 3.05) is 18.0 Å². The van der Waals surface area contributed by atoms with Gasteiger partial charge in [0.05, 0.1) is 4.88 Å². The summed E-state index contributed by atoms with van der Waals surface area (Å²) in [5.74, 6) is 1.31. The molecule has 0 radical (unpaired) electrons. The van der Waals surface area contributed by atoms with E-state index in [4.69, 9.17) is 0 Å². The number of Topliss-reactive ketones (excluding diaryl/α,β-unsaturated/α-hetero) is 1. The molecule has 1 N–H and O–H groups in total. The van der Waals surface area contributed by atoms with Crippen LogP contribution in [-0.4, -0.2) is 28.8 Å². The van der Waals surface area contributed by atoms with E-state index in [2.05, 4.69) is 20.9 Å². The average Bonchev–Trinajstić information content (AvgIpc) is 3.25. The Kier molecular flexibility index (Phi) is 3.42. The van der Waals surface area contributed by atoms with Crippen LogP contribution in [0.25, 0.3) is 11.0 Å². The van der Waals surface area contributed by atoms with Crippen LogP contribution in [0, 0.1) is 5.92 Å². The minimum absolute atomic E-state index is 0.0774. The topological polar surface area (TPSA) is 49.0 Å². The van der Waals surface area contributed by atoms with E-state index in [1.54, 1.807) is 0 Å². The van der Waals surface area contributed by atoms with Crippen molar-refractivity contribution in [3.8, 4) is 0 Å². The Bertz CT molecular complexity index is 793. The molecule has 1 fully saturated rings. The lowest BCUT2D eigenvalue weighted by atomic mass is 9.93. The van der Waals surface area contributed by atoms with Crippen molar-refractivity contribution in [2.45, 2.75) is 12.8 Å². The van der Waals surface area contributed by atoms with E-state index in [-0.39, 0.29) is 11.7 Å². The molecule has 4 nitrogen and oxygen atoms in total. The lowest BCUT2D eigenvalue weighted by molar-refractivity contribution is 0.0911. The van der Waals surface area contributed by atoms with Crippen LogP contribution in [0.5, 0.6) is 0 Å². The Balaban J connectivity index is 1.56. The van der Waals surface area contributed by atoms with Gasteiger partial charge in [0.2, 0.25) is 0 Å². The molecule has 4 heterocycles. The van der Waals surface area contributed by atoms with E-state index in [1.165, 1.54) is 11.3 Å². The molecule has 0 aliphatic carbocycles. The predicted molar refractivity (Wildman–Crippen MR) is 89.7 cm³/mol. The van der Waals surface area contributed by atoms with Gasteiger partial charge in [-0.1, -0.05) is 6.07 Å². The van der Waals surface area contributed by atoms with Gasteiger partial charge in [-0.05, 0) is 42.5 Å². The zero-order valence-corrected chi connectivity index (χ0v) is 13.0. The van der Waals surface area contributed by atoms with Gasteiger partial charge in [0.25, 0.3) is 0 Å². The number of aromatic amines is 1. The number of anilines is 1. The van der Waals surface area contributed by atoms with E-state index >= 15 is 0 Å². The Morgan fingerprint density at radius 3 is 3.14 bits per heavy atom. The lowest BCUT2D eigenvalue weighted by Crippen LogP contribution is -2.39. The SMILES string of the molecule is O=C(c1cccs1)C1CCCN(c2ccc3cc[nH]c3n2)C1. The summed E-state index contributed by atoms with van der Waals surface area (Å²) in [5, 5.41) is 3.08. The van der Waals surface area contributed by atoms with Crippen molar-refractivity contribution >= 4 is 34.0 Å². The van der Waals surface area contributed by atoms with Crippen molar-refractivity contribution in [2.24, 2.45) is 5.92 Å². The summed E-state index contributed by atoms with van der Waals surface area (Å²) in [4.78, 5) is 23.5. The fourth-order valence-corrected chi connectivity index (χ4v) is 3.86. The van der Waals surface area contributed by atoms with E-state index in [0.29, 0.717) is 0 Å². The molecule has 3 aromatic rings. The van der Waals surface area contributed by atoms with Crippen LogP contribution in [0.3, 0.4) is 0 Å². The number of carbonyl (C=O) groups excluding carboxylic acids is 1. The number of hydrogen-bond donors (Lipinski definition) is 1. The van der Waals surface area contributed by atoms with Crippen LogP contribution in [-0.2, 0) is 0 Å². The van der Waals surface area contributed by atoms with Crippen LogP contribution < -0.4 is 4.90 Å². The summed E-state index contributed by atoms with van der Waals surface area (Å²) in [6.45, 7) is 1.73. The highest BCUT2D eigenvalue weighted by Crippen LogP contribution is 2.26. The highest BCUT2D eigenvalue weighted by molar-refractivity contribution is 7.12. The monoisotopic (exact) mass is 311 g/mol. The largest absolute Gasteiger partial charge is 0.356 e. The number of piperidine rings is 1. The van der Waals surface area contributed by atoms with Crippen LogP contribution in [0.4, 0.5) is 5.82 Å². The first-order chi connectivity index (χ1) is 10.8. The Hall–Kier alpha value is -2.14. The average molecular weight is 311 g/mol. The van der Waals surface area contributed by atoms with Crippen molar-refractivity contribution in [3.05, 3.63) is 46.8 Å². The fourth-order valence-electron chi connectivity index (χ4n) is 3.12. The van der Waals surface area contributed by atoms with Crippen LogP contribution in [0.2, 0.25) is 0 Å². The lowest BCUT2D eigenvalue weighted by Gasteiger charge is -2.32. The van der Waals surface area contributed by atoms with Gasteiger partial charge in [0, 0.05) is 30.6 Å². The standard InChI is InChI=1S/C17H17N3OS/c21-16(14-4-2-10-22-14)13-3-1-9-20(11-13)15-6-5-12-7-8-18-17(12)19-15/h2,4-8,10,13H,1,3,9,11H2,(H,18,19). The number of rotatable bonds is 3. The molecule has 5 heteroatoms. The third-order valence-electron chi connectivity index (χ3n) is 4.27. The molecule has 1 unspecified atom stereocenters. The molecule has 1 aliphatic heterocycles. The molecule has 0 amide bonds. The van der Waals surface area contributed by atoms with Gasteiger partial charge in [-0.2, -0.15) is 0 Å². The minimum atomic E-state index is 0.0774.